The highest BCUT2D eigenvalue weighted by Gasteiger charge is 2.44. The number of carbonyl (C=O) groups excluding carboxylic acids is 1. The number of benzene rings is 1. The maximum absolute atomic E-state index is 12.5. The summed E-state index contributed by atoms with van der Waals surface area (Å²) in [4.78, 5) is 26.1. The smallest absolute Gasteiger partial charge is 0.256 e. The Morgan fingerprint density at radius 1 is 1.15 bits per heavy atom. The van der Waals surface area contributed by atoms with Crippen molar-refractivity contribution in [2.24, 2.45) is 0 Å². The van der Waals surface area contributed by atoms with E-state index in [9.17, 15) is 20.1 Å². The predicted octanol–water partition coefficient (Wildman–Crippen LogP) is -0.599. The number of nitrogens with one attached hydrogen (secondary N) is 2. The van der Waals surface area contributed by atoms with Crippen LogP contribution >= 0.6 is 0 Å². The summed E-state index contributed by atoms with van der Waals surface area (Å²) in [6, 6.07) is 9.32. The summed E-state index contributed by atoms with van der Waals surface area (Å²) >= 11 is 0. The van der Waals surface area contributed by atoms with Gasteiger partial charge in [0.05, 0.1) is 38.2 Å². The number of hydrogen-bond donors (Lipinski definition) is 5. The lowest BCUT2D eigenvalue weighted by molar-refractivity contribution is -0.115. The second-order valence-electron chi connectivity index (χ2n) is 9.39. The standard InChI is InChI=1S/C24H27N9O6/c34-10-15-19(36)20(37)23(39-15)32-12-25-18-21(26-14-6-7-38-11-14)28-24(29-22(18)32)33-9-16(30-31-33)27-17(35)8-13-4-2-1-3-5-13/h1-5,9,12,14-15,19-20,23,34,36-37H,6-8,10-11H2,(H,27,35)(H,26,28,29)/t14-,15-,19-,20-,23-/m1/s1. The molecule has 0 radical (unpaired) electrons. The van der Waals surface area contributed by atoms with Gasteiger partial charge in [-0.3, -0.25) is 9.36 Å². The third-order valence-electron chi connectivity index (χ3n) is 6.64. The number of aromatic nitrogens is 7. The second-order valence-corrected chi connectivity index (χ2v) is 9.39. The van der Waals surface area contributed by atoms with Crippen LogP contribution in [0.15, 0.2) is 42.9 Å². The third-order valence-corrected chi connectivity index (χ3v) is 6.64. The Hall–Kier alpha value is -4.02. The predicted molar refractivity (Wildman–Crippen MR) is 135 cm³/mol. The summed E-state index contributed by atoms with van der Waals surface area (Å²) < 4.78 is 13.9. The lowest BCUT2D eigenvalue weighted by atomic mass is 10.1. The van der Waals surface area contributed by atoms with Crippen LogP contribution in [-0.4, -0.2) is 99.9 Å². The highest BCUT2D eigenvalue weighted by Crippen LogP contribution is 2.33. The van der Waals surface area contributed by atoms with Crippen LogP contribution in [0.25, 0.3) is 17.1 Å². The van der Waals surface area contributed by atoms with E-state index in [0.717, 1.165) is 12.0 Å². The van der Waals surface area contributed by atoms with E-state index in [4.69, 9.17) is 9.47 Å². The largest absolute Gasteiger partial charge is 0.394 e. The lowest BCUT2D eigenvalue weighted by Crippen LogP contribution is -2.33. The zero-order valence-corrected chi connectivity index (χ0v) is 20.7. The summed E-state index contributed by atoms with van der Waals surface area (Å²) in [6.45, 7) is 0.649. The Balaban J connectivity index is 1.32. The summed E-state index contributed by atoms with van der Waals surface area (Å²) in [5.41, 5.74) is 1.56. The normalized spacial score (nSPS) is 24.8. The van der Waals surface area contributed by atoms with Crippen molar-refractivity contribution < 1.29 is 29.6 Å². The first-order valence-corrected chi connectivity index (χ1v) is 12.5. The Morgan fingerprint density at radius 2 is 2.00 bits per heavy atom. The molecule has 0 aliphatic carbocycles. The van der Waals surface area contributed by atoms with Crippen LogP contribution in [0.5, 0.6) is 0 Å². The molecule has 2 aliphatic rings. The highest BCUT2D eigenvalue weighted by atomic mass is 16.6. The van der Waals surface area contributed by atoms with Crippen LogP contribution in [-0.2, 0) is 20.7 Å². The summed E-state index contributed by atoms with van der Waals surface area (Å²) in [5.74, 6) is 0.487. The van der Waals surface area contributed by atoms with Gasteiger partial charge in [0, 0.05) is 6.61 Å². The number of ether oxygens (including phenoxy) is 2. The molecule has 4 aromatic rings. The molecule has 5 atom stereocenters. The minimum absolute atomic E-state index is 0.00130. The number of amides is 1. The molecule has 0 spiro atoms. The molecule has 2 aliphatic heterocycles. The van der Waals surface area contributed by atoms with Gasteiger partial charge in [0.25, 0.3) is 5.95 Å². The van der Waals surface area contributed by atoms with Gasteiger partial charge in [0.2, 0.25) is 5.91 Å². The quantitative estimate of drug-likeness (QED) is 0.192. The van der Waals surface area contributed by atoms with Gasteiger partial charge in [0.1, 0.15) is 18.3 Å². The van der Waals surface area contributed by atoms with E-state index >= 15 is 0 Å². The van der Waals surface area contributed by atoms with Crippen molar-refractivity contribution in [2.75, 3.05) is 30.5 Å². The van der Waals surface area contributed by atoms with Crippen molar-refractivity contribution in [1.29, 1.82) is 0 Å². The lowest BCUT2D eigenvalue weighted by Gasteiger charge is -2.17. The van der Waals surface area contributed by atoms with Gasteiger partial charge in [-0.15, -0.1) is 5.10 Å². The van der Waals surface area contributed by atoms with E-state index < -0.39 is 31.1 Å². The van der Waals surface area contributed by atoms with E-state index in [1.54, 1.807) is 0 Å². The number of hydrogen-bond acceptors (Lipinski definition) is 12. The van der Waals surface area contributed by atoms with Crippen molar-refractivity contribution in [2.45, 2.75) is 43.4 Å². The summed E-state index contributed by atoms with van der Waals surface area (Å²) in [7, 11) is 0. The Bertz CT molecular complexity index is 1460. The number of anilines is 2. The van der Waals surface area contributed by atoms with Crippen LogP contribution in [0.3, 0.4) is 0 Å². The van der Waals surface area contributed by atoms with Crippen LogP contribution < -0.4 is 10.6 Å². The number of rotatable bonds is 8. The molecule has 0 unspecified atom stereocenters. The molecule has 2 fully saturated rings. The highest BCUT2D eigenvalue weighted by molar-refractivity contribution is 5.91. The molecule has 0 saturated carbocycles. The summed E-state index contributed by atoms with van der Waals surface area (Å²) in [5, 5.41) is 44.5. The van der Waals surface area contributed by atoms with E-state index in [2.05, 4.69) is 35.9 Å². The number of carbonyl (C=O) groups is 1. The second kappa shape index (κ2) is 10.6. The van der Waals surface area contributed by atoms with E-state index in [1.165, 1.54) is 21.8 Å². The number of aliphatic hydroxyl groups is 3. The van der Waals surface area contributed by atoms with Crippen molar-refractivity contribution in [3.05, 3.63) is 48.4 Å². The van der Waals surface area contributed by atoms with Crippen molar-refractivity contribution in [1.82, 2.24) is 34.5 Å². The topological polar surface area (TPSA) is 195 Å². The third kappa shape index (κ3) is 5.05. The SMILES string of the molecule is O=C(Cc1ccccc1)Nc1cn(-c2nc(N[C@@H]3CCOC3)c3ncn([C@@H]4O[C@H](CO)[C@@H](O)[C@H]4O)c3n2)nn1. The molecule has 2 saturated heterocycles. The fourth-order valence-corrected chi connectivity index (χ4v) is 4.63. The molecule has 204 valence electrons. The molecule has 1 amide bonds. The van der Waals surface area contributed by atoms with Crippen LogP contribution in [0.4, 0.5) is 11.6 Å². The van der Waals surface area contributed by atoms with Gasteiger partial charge in [-0.25, -0.2) is 4.98 Å². The van der Waals surface area contributed by atoms with Gasteiger partial charge in [-0.05, 0) is 12.0 Å². The van der Waals surface area contributed by atoms with Crippen molar-refractivity contribution in [3.63, 3.8) is 0 Å². The molecule has 5 N–H and O–H groups in total. The average molecular weight is 538 g/mol. The maximum Gasteiger partial charge on any atom is 0.256 e. The zero-order valence-electron chi connectivity index (χ0n) is 20.7. The van der Waals surface area contributed by atoms with Crippen molar-refractivity contribution >= 4 is 28.7 Å². The molecule has 0 bridgehead atoms. The number of fused-ring (bicyclic) bond motifs is 1. The number of imidazole rings is 1. The van der Waals surface area contributed by atoms with Gasteiger partial charge < -0.3 is 35.4 Å². The van der Waals surface area contributed by atoms with Crippen LogP contribution in [0.2, 0.25) is 0 Å². The summed E-state index contributed by atoms with van der Waals surface area (Å²) in [6.07, 6.45) is -0.754. The average Bonchev–Trinajstić information content (AvgIpc) is 3.74. The van der Waals surface area contributed by atoms with E-state index in [-0.39, 0.29) is 30.1 Å². The van der Waals surface area contributed by atoms with Crippen LogP contribution in [0, 0.1) is 0 Å². The first kappa shape index (κ1) is 25.3. The molecule has 1 aromatic carbocycles. The number of nitrogens with zero attached hydrogens (tertiary/aromatic N) is 7. The van der Waals surface area contributed by atoms with E-state index in [0.29, 0.717) is 30.2 Å². The molecule has 39 heavy (non-hydrogen) atoms. The first-order valence-electron chi connectivity index (χ1n) is 12.5. The fourth-order valence-electron chi connectivity index (χ4n) is 4.63. The fraction of sp³-hybridized carbons (Fsp3) is 0.417. The Morgan fingerprint density at radius 3 is 2.74 bits per heavy atom. The monoisotopic (exact) mass is 537 g/mol. The molecule has 3 aromatic heterocycles. The van der Waals surface area contributed by atoms with Gasteiger partial charge in [-0.2, -0.15) is 14.6 Å². The van der Waals surface area contributed by atoms with Crippen LogP contribution in [0.1, 0.15) is 18.2 Å². The minimum atomic E-state index is -1.32. The Labute approximate surface area is 221 Å². The maximum atomic E-state index is 12.5. The minimum Gasteiger partial charge on any atom is -0.394 e. The molecule has 5 heterocycles. The molecule has 15 heteroatoms. The molecule has 6 rings (SSSR count). The molecule has 15 nitrogen and oxygen atoms in total. The van der Waals surface area contributed by atoms with Crippen molar-refractivity contribution in [3.8, 4) is 5.95 Å². The Kier molecular flexibility index (Phi) is 6.88. The molecular formula is C24H27N9O6. The van der Waals surface area contributed by atoms with Gasteiger partial charge >= 0.3 is 0 Å². The zero-order chi connectivity index (χ0) is 26.9. The van der Waals surface area contributed by atoms with Gasteiger partial charge in [0.15, 0.2) is 29.0 Å². The van der Waals surface area contributed by atoms with Gasteiger partial charge in [-0.1, -0.05) is 35.5 Å². The molecular weight excluding hydrogens is 510 g/mol. The number of aliphatic hydroxyl groups excluding tert-OH is 3. The van der Waals surface area contributed by atoms with E-state index in [1.807, 2.05) is 30.3 Å². The first-order chi connectivity index (χ1) is 19.0.